The molecule has 0 unspecified atom stereocenters. The molecule has 3 aliphatic heterocycles. The molecule has 3 aliphatic rings. The lowest BCUT2D eigenvalue weighted by molar-refractivity contribution is -0.120. The van der Waals surface area contributed by atoms with E-state index in [0.717, 1.165) is 44.0 Å². The van der Waals surface area contributed by atoms with E-state index < -0.39 is 0 Å². The van der Waals surface area contributed by atoms with Gasteiger partial charge in [0.15, 0.2) is 0 Å². The van der Waals surface area contributed by atoms with Crippen LogP contribution in [0.5, 0.6) is 0 Å². The van der Waals surface area contributed by atoms with Crippen molar-refractivity contribution in [2.45, 2.75) is 18.9 Å². The lowest BCUT2D eigenvalue weighted by Crippen LogP contribution is -2.51. The minimum atomic E-state index is -0.331. The number of nitrogens with one attached hydrogen (secondary N) is 2. The van der Waals surface area contributed by atoms with Crippen LogP contribution >= 0.6 is 0 Å². The average molecular weight is 329 g/mol. The molecule has 3 heterocycles. The lowest BCUT2D eigenvalue weighted by atomic mass is 10.1. The Bertz CT molecular complexity index is 677. The fourth-order valence-electron chi connectivity index (χ4n) is 3.84. The molecular formula is C17H23N5O2. The second-order valence-electron chi connectivity index (χ2n) is 6.69. The highest BCUT2D eigenvalue weighted by Gasteiger charge is 2.30. The Morgan fingerprint density at radius 1 is 1.12 bits per heavy atom. The number of hydrogen-bond donors (Lipinski definition) is 2. The predicted octanol–water partition coefficient (Wildman–Crippen LogP) is 0.751. The van der Waals surface area contributed by atoms with Crippen LogP contribution in [0.1, 0.15) is 12.8 Å². The van der Waals surface area contributed by atoms with Crippen LogP contribution in [0.2, 0.25) is 0 Å². The number of fused-ring (bicyclic) bond motifs is 3. The number of piperazine rings is 1. The molecule has 0 bridgehead atoms. The maximum Gasteiger partial charge on any atom is 0.328 e. The van der Waals surface area contributed by atoms with Crippen LogP contribution < -0.4 is 25.3 Å². The first-order valence-electron chi connectivity index (χ1n) is 8.57. The lowest BCUT2D eigenvalue weighted by Gasteiger charge is -2.37. The molecule has 3 amide bonds. The standard InChI is InChI=1S/C17H23N5O2/c1-20-7-4-13-11-18-6-9-21(13)14-3-2-12(10-15(14)20)22-8-5-16(23)19-17(22)24/h2-3,10,13,18H,4-9,11H2,1H3,(H,19,23,24)/t13-/m0/s1. The molecule has 0 aromatic heterocycles. The summed E-state index contributed by atoms with van der Waals surface area (Å²) in [5, 5.41) is 5.87. The number of rotatable bonds is 1. The summed E-state index contributed by atoms with van der Waals surface area (Å²) in [6, 6.07) is 6.38. The number of anilines is 3. The molecule has 1 aromatic carbocycles. The topological polar surface area (TPSA) is 67.9 Å². The Labute approximate surface area is 141 Å². The summed E-state index contributed by atoms with van der Waals surface area (Å²) in [4.78, 5) is 29.9. The van der Waals surface area contributed by atoms with Crippen LogP contribution in [0.4, 0.5) is 21.9 Å². The fourth-order valence-corrected chi connectivity index (χ4v) is 3.84. The van der Waals surface area contributed by atoms with Crippen molar-refractivity contribution in [1.82, 2.24) is 10.6 Å². The van der Waals surface area contributed by atoms with E-state index >= 15 is 0 Å². The molecule has 4 rings (SSSR count). The third-order valence-electron chi connectivity index (χ3n) is 5.19. The molecule has 0 spiro atoms. The normalized spacial score (nSPS) is 24.2. The number of hydrogen-bond acceptors (Lipinski definition) is 5. The van der Waals surface area contributed by atoms with Gasteiger partial charge in [0.05, 0.1) is 11.4 Å². The van der Waals surface area contributed by atoms with E-state index in [1.54, 1.807) is 4.90 Å². The summed E-state index contributed by atoms with van der Waals surface area (Å²) in [6.07, 6.45) is 1.46. The SMILES string of the molecule is CN1CC[C@H]2CNCCN2c2ccc(N3CCC(=O)NC3=O)cc21. The van der Waals surface area contributed by atoms with E-state index in [9.17, 15) is 9.59 Å². The van der Waals surface area contributed by atoms with E-state index in [4.69, 9.17) is 0 Å². The predicted molar refractivity (Wildman–Crippen MR) is 93.8 cm³/mol. The van der Waals surface area contributed by atoms with Crippen molar-refractivity contribution in [3.05, 3.63) is 18.2 Å². The van der Waals surface area contributed by atoms with Crippen molar-refractivity contribution in [3.8, 4) is 0 Å². The molecule has 0 aliphatic carbocycles. The summed E-state index contributed by atoms with van der Waals surface area (Å²) < 4.78 is 0. The molecule has 7 heteroatoms. The number of urea groups is 1. The molecule has 24 heavy (non-hydrogen) atoms. The minimum absolute atomic E-state index is 0.202. The summed E-state index contributed by atoms with van der Waals surface area (Å²) >= 11 is 0. The van der Waals surface area contributed by atoms with Gasteiger partial charge in [0.2, 0.25) is 5.91 Å². The van der Waals surface area contributed by atoms with Crippen molar-refractivity contribution >= 4 is 29.0 Å². The summed E-state index contributed by atoms with van der Waals surface area (Å²) in [6.45, 7) is 4.45. The molecule has 1 atom stereocenters. The monoisotopic (exact) mass is 329 g/mol. The molecule has 1 aromatic rings. The molecule has 2 saturated heterocycles. The summed E-state index contributed by atoms with van der Waals surface area (Å²) in [5.74, 6) is -0.202. The highest BCUT2D eigenvalue weighted by atomic mass is 16.2. The quantitative estimate of drug-likeness (QED) is 0.796. The molecule has 0 radical (unpaired) electrons. The van der Waals surface area contributed by atoms with Crippen molar-refractivity contribution in [3.63, 3.8) is 0 Å². The first-order chi connectivity index (χ1) is 11.6. The van der Waals surface area contributed by atoms with Crippen molar-refractivity contribution < 1.29 is 9.59 Å². The zero-order valence-corrected chi connectivity index (χ0v) is 13.9. The maximum atomic E-state index is 12.1. The van der Waals surface area contributed by atoms with Crippen molar-refractivity contribution in [2.24, 2.45) is 0 Å². The first-order valence-corrected chi connectivity index (χ1v) is 8.57. The first kappa shape index (κ1) is 15.3. The average Bonchev–Trinajstić information content (AvgIpc) is 2.72. The van der Waals surface area contributed by atoms with E-state index in [0.29, 0.717) is 19.0 Å². The van der Waals surface area contributed by atoms with Crippen molar-refractivity contribution in [2.75, 3.05) is 54.5 Å². The maximum absolute atomic E-state index is 12.1. The highest BCUT2D eigenvalue weighted by Crippen LogP contribution is 2.37. The number of carbonyl (C=O) groups excluding carboxylic acids is 2. The van der Waals surface area contributed by atoms with Gasteiger partial charge >= 0.3 is 6.03 Å². The van der Waals surface area contributed by atoms with E-state index in [-0.39, 0.29) is 11.9 Å². The number of amides is 3. The third kappa shape index (κ3) is 2.58. The van der Waals surface area contributed by atoms with Crippen LogP contribution in [-0.4, -0.2) is 57.8 Å². The second-order valence-corrected chi connectivity index (χ2v) is 6.69. The van der Waals surface area contributed by atoms with Crippen LogP contribution in [0.3, 0.4) is 0 Å². The molecular weight excluding hydrogens is 306 g/mol. The summed E-state index contributed by atoms with van der Waals surface area (Å²) in [5.41, 5.74) is 3.24. The van der Waals surface area contributed by atoms with Gasteiger partial charge in [-0.15, -0.1) is 0 Å². The Balaban J connectivity index is 1.69. The van der Waals surface area contributed by atoms with Gasteiger partial charge in [0, 0.05) is 57.9 Å². The number of nitrogens with zero attached hydrogens (tertiary/aromatic N) is 3. The van der Waals surface area contributed by atoms with Gasteiger partial charge in [-0.25, -0.2) is 4.79 Å². The van der Waals surface area contributed by atoms with E-state index in [1.165, 1.54) is 5.69 Å². The smallest absolute Gasteiger partial charge is 0.328 e. The second kappa shape index (κ2) is 5.98. The fraction of sp³-hybridized carbons (Fsp3) is 0.529. The van der Waals surface area contributed by atoms with Crippen LogP contribution in [-0.2, 0) is 4.79 Å². The largest absolute Gasteiger partial charge is 0.373 e. The van der Waals surface area contributed by atoms with Gasteiger partial charge < -0.3 is 15.1 Å². The van der Waals surface area contributed by atoms with Crippen LogP contribution in [0.25, 0.3) is 0 Å². The highest BCUT2D eigenvalue weighted by molar-refractivity contribution is 6.06. The number of benzene rings is 1. The van der Waals surface area contributed by atoms with E-state index in [1.807, 2.05) is 6.07 Å². The van der Waals surface area contributed by atoms with Gasteiger partial charge in [0.1, 0.15) is 0 Å². The molecule has 2 fully saturated rings. The molecule has 7 nitrogen and oxygen atoms in total. The van der Waals surface area contributed by atoms with Gasteiger partial charge in [-0.05, 0) is 24.6 Å². The zero-order valence-electron chi connectivity index (χ0n) is 13.9. The zero-order chi connectivity index (χ0) is 16.7. The minimum Gasteiger partial charge on any atom is -0.373 e. The molecule has 2 N–H and O–H groups in total. The number of imide groups is 1. The number of carbonyl (C=O) groups is 2. The van der Waals surface area contributed by atoms with Crippen LogP contribution in [0.15, 0.2) is 18.2 Å². The van der Waals surface area contributed by atoms with E-state index in [2.05, 4.69) is 39.6 Å². The molecule has 128 valence electrons. The Kier molecular flexibility index (Phi) is 3.80. The van der Waals surface area contributed by atoms with Gasteiger partial charge in [0.25, 0.3) is 0 Å². The summed E-state index contributed by atoms with van der Waals surface area (Å²) in [7, 11) is 2.11. The van der Waals surface area contributed by atoms with Crippen LogP contribution in [0, 0.1) is 0 Å². The Hall–Kier alpha value is -2.28. The van der Waals surface area contributed by atoms with Gasteiger partial charge in [-0.2, -0.15) is 0 Å². The van der Waals surface area contributed by atoms with Crippen molar-refractivity contribution in [1.29, 1.82) is 0 Å². The Morgan fingerprint density at radius 3 is 2.83 bits per heavy atom. The molecule has 0 saturated carbocycles. The van der Waals surface area contributed by atoms with Gasteiger partial charge in [-0.1, -0.05) is 0 Å². The van der Waals surface area contributed by atoms with Gasteiger partial charge in [-0.3, -0.25) is 15.0 Å². The Morgan fingerprint density at radius 2 is 2.00 bits per heavy atom. The third-order valence-corrected chi connectivity index (χ3v) is 5.19.